The lowest BCUT2D eigenvalue weighted by Gasteiger charge is -2.36. The van der Waals surface area contributed by atoms with Gasteiger partial charge in [0.05, 0.1) is 22.8 Å². The summed E-state index contributed by atoms with van der Waals surface area (Å²) < 4.78 is 29.7. The fourth-order valence-electron chi connectivity index (χ4n) is 4.05. The fourth-order valence-corrected chi connectivity index (χ4v) is 4.05. The molecular formula is C24H30F2N6. The zero-order valence-electron chi connectivity index (χ0n) is 18.7. The van der Waals surface area contributed by atoms with Crippen molar-refractivity contribution >= 4 is 22.8 Å². The Balaban J connectivity index is 1.37. The molecule has 0 radical (unpaired) electrons. The zero-order chi connectivity index (χ0) is 22.7. The number of anilines is 2. The number of nitrogens with zero attached hydrogens (tertiary/aromatic N) is 4. The summed E-state index contributed by atoms with van der Waals surface area (Å²) in [5, 5.41) is 6.26. The number of hydrogen-bond donors (Lipinski definition) is 2. The van der Waals surface area contributed by atoms with E-state index in [4.69, 9.17) is 0 Å². The molecule has 1 saturated heterocycles. The van der Waals surface area contributed by atoms with Crippen LogP contribution in [0.4, 0.5) is 25.8 Å². The molecular weight excluding hydrogens is 410 g/mol. The monoisotopic (exact) mass is 440 g/mol. The van der Waals surface area contributed by atoms with Crippen molar-refractivity contribution in [2.24, 2.45) is 4.99 Å². The van der Waals surface area contributed by atoms with Crippen LogP contribution in [0.25, 0.3) is 0 Å². The molecule has 2 aliphatic heterocycles. The largest absolute Gasteiger partial charge is 0.365 e. The van der Waals surface area contributed by atoms with Crippen LogP contribution in [-0.2, 0) is 13.0 Å². The summed E-state index contributed by atoms with van der Waals surface area (Å²) >= 11 is 0. The molecule has 32 heavy (non-hydrogen) atoms. The van der Waals surface area contributed by atoms with Crippen LogP contribution in [0.1, 0.15) is 25.1 Å². The predicted molar refractivity (Wildman–Crippen MR) is 126 cm³/mol. The highest BCUT2D eigenvalue weighted by molar-refractivity contribution is 6.05. The van der Waals surface area contributed by atoms with Crippen LogP contribution in [0.5, 0.6) is 0 Å². The van der Waals surface area contributed by atoms with Crippen molar-refractivity contribution in [3.05, 3.63) is 59.6 Å². The van der Waals surface area contributed by atoms with Crippen LogP contribution >= 0.6 is 0 Å². The van der Waals surface area contributed by atoms with E-state index < -0.39 is 5.95 Å². The molecule has 0 spiro atoms. The second-order valence-corrected chi connectivity index (χ2v) is 8.21. The summed E-state index contributed by atoms with van der Waals surface area (Å²) in [5.74, 6) is -0.707. The number of nitrogens with one attached hydrogen (secondary N) is 2. The van der Waals surface area contributed by atoms with E-state index in [1.54, 1.807) is 6.07 Å². The van der Waals surface area contributed by atoms with Crippen LogP contribution in [-0.4, -0.2) is 54.9 Å². The van der Waals surface area contributed by atoms with Crippen molar-refractivity contribution in [3.8, 4) is 0 Å². The van der Waals surface area contributed by atoms with E-state index >= 15 is 4.39 Å². The van der Waals surface area contributed by atoms with Crippen molar-refractivity contribution < 1.29 is 8.78 Å². The molecule has 2 aromatic rings. The van der Waals surface area contributed by atoms with Crippen LogP contribution in [0.3, 0.4) is 0 Å². The molecule has 2 N–H and O–H groups in total. The molecule has 8 heteroatoms. The van der Waals surface area contributed by atoms with Gasteiger partial charge in [0.1, 0.15) is 5.69 Å². The minimum Gasteiger partial charge on any atom is -0.365 e. The van der Waals surface area contributed by atoms with E-state index in [0.29, 0.717) is 54.4 Å². The number of piperazine rings is 1. The van der Waals surface area contributed by atoms with Crippen molar-refractivity contribution in [1.29, 1.82) is 0 Å². The highest BCUT2D eigenvalue weighted by atomic mass is 19.1. The first-order valence-electron chi connectivity index (χ1n) is 11.1. The minimum absolute atomic E-state index is 0.286. The molecule has 1 fully saturated rings. The predicted octanol–water partition coefficient (Wildman–Crippen LogP) is 3.87. The number of allylic oxidation sites excluding steroid dienone is 1. The number of pyridine rings is 1. The first-order valence-corrected chi connectivity index (χ1v) is 11.1. The van der Waals surface area contributed by atoms with Crippen LogP contribution in [0, 0.1) is 11.8 Å². The molecule has 1 aromatic heterocycles. The van der Waals surface area contributed by atoms with E-state index in [0.717, 1.165) is 37.6 Å². The van der Waals surface area contributed by atoms with Gasteiger partial charge in [0, 0.05) is 56.9 Å². The fraction of sp³-hybridized carbons (Fsp3) is 0.417. The number of aromatic nitrogens is 1. The number of fused-ring (bicyclic) bond motifs is 1. The molecule has 3 heterocycles. The second kappa shape index (κ2) is 9.75. The number of hydrogen-bond acceptors (Lipinski definition) is 6. The topological polar surface area (TPSA) is 55.8 Å². The minimum atomic E-state index is -0.421. The van der Waals surface area contributed by atoms with Crippen molar-refractivity contribution in [1.82, 2.24) is 15.2 Å². The third kappa shape index (κ3) is 4.81. The average Bonchev–Trinajstić information content (AvgIpc) is 2.78. The lowest BCUT2D eigenvalue weighted by molar-refractivity contribution is 0.246. The van der Waals surface area contributed by atoms with Gasteiger partial charge in [-0.05, 0) is 31.7 Å². The number of benzene rings is 1. The quantitative estimate of drug-likeness (QED) is 0.506. The van der Waals surface area contributed by atoms with Gasteiger partial charge in [-0.3, -0.25) is 4.90 Å². The SMILES string of the molecule is C=C1Nc2c(ccc(CN3CCN(c4ccc(CCNCC)nc4F)CC3)c2F)N=C1C. The highest BCUT2D eigenvalue weighted by Gasteiger charge is 2.23. The van der Waals surface area contributed by atoms with E-state index in [1.165, 1.54) is 0 Å². The molecule has 4 rings (SSSR count). The van der Waals surface area contributed by atoms with Gasteiger partial charge in [-0.25, -0.2) is 14.4 Å². The molecule has 0 aliphatic carbocycles. The van der Waals surface area contributed by atoms with Gasteiger partial charge < -0.3 is 15.5 Å². The third-order valence-corrected chi connectivity index (χ3v) is 6.00. The molecule has 0 amide bonds. The standard InChI is InChI=1S/C24H30F2N6/c1-4-27-10-9-19-6-8-21(24(26)30-19)32-13-11-31(12-14-32)15-18-5-7-20-23(22(18)25)29-17(3)16(2)28-20/h5-8,27,29H,3-4,9-15H2,1-2H3. The summed E-state index contributed by atoms with van der Waals surface area (Å²) in [5.41, 5.74) is 4.26. The Morgan fingerprint density at radius 1 is 1.12 bits per heavy atom. The summed E-state index contributed by atoms with van der Waals surface area (Å²) in [4.78, 5) is 12.7. The number of aliphatic imine (C=N–C) groups is 1. The molecule has 0 saturated carbocycles. The first-order chi connectivity index (χ1) is 15.5. The van der Waals surface area contributed by atoms with Gasteiger partial charge in [-0.1, -0.05) is 19.6 Å². The summed E-state index contributed by atoms with van der Waals surface area (Å²) in [7, 11) is 0. The zero-order valence-corrected chi connectivity index (χ0v) is 18.7. The molecule has 1 aromatic carbocycles. The van der Waals surface area contributed by atoms with Gasteiger partial charge in [0.25, 0.3) is 0 Å². The van der Waals surface area contributed by atoms with Gasteiger partial charge in [0.15, 0.2) is 5.82 Å². The maximum absolute atomic E-state index is 15.1. The smallest absolute Gasteiger partial charge is 0.236 e. The van der Waals surface area contributed by atoms with E-state index in [-0.39, 0.29) is 5.82 Å². The van der Waals surface area contributed by atoms with Gasteiger partial charge in [-0.15, -0.1) is 0 Å². The van der Waals surface area contributed by atoms with Crippen LogP contribution in [0.15, 0.2) is 41.5 Å². The van der Waals surface area contributed by atoms with Gasteiger partial charge in [-0.2, -0.15) is 4.39 Å². The lowest BCUT2D eigenvalue weighted by Crippen LogP contribution is -2.46. The van der Waals surface area contributed by atoms with Crippen molar-refractivity contribution in [2.45, 2.75) is 26.8 Å². The number of halogens is 2. The van der Waals surface area contributed by atoms with Crippen molar-refractivity contribution in [2.75, 3.05) is 49.5 Å². The Bertz CT molecular complexity index is 1030. The Morgan fingerprint density at radius 2 is 1.91 bits per heavy atom. The van der Waals surface area contributed by atoms with Crippen molar-refractivity contribution in [3.63, 3.8) is 0 Å². The summed E-state index contributed by atoms with van der Waals surface area (Å²) in [6.45, 7) is 12.7. The normalized spacial score (nSPS) is 16.6. The van der Waals surface area contributed by atoms with Crippen LogP contribution in [0.2, 0.25) is 0 Å². The lowest BCUT2D eigenvalue weighted by atomic mass is 10.1. The second-order valence-electron chi connectivity index (χ2n) is 8.21. The van der Waals surface area contributed by atoms with Crippen LogP contribution < -0.4 is 15.5 Å². The number of likely N-dealkylation sites (N-methyl/N-ethyl adjacent to an activating group) is 1. The van der Waals surface area contributed by atoms with E-state index in [2.05, 4.69) is 32.1 Å². The average molecular weight is 441 g/mol. The molecule has 0 unspecified atom stereocenters. The first kappa shape index (κ1) is 22.4. The maximum atomic E-state index is 15.1. The Labute approximate surface area is 188 Å². The Morgan fingerprint density at radius 3 is 2.62 bits per heavy atom. The molecule has 0 bridgehead atoms. The highest BCUT2D eigenvalue weighted by Crippen LogP contribution is 2.35. The summed E-state index contributed by atoms with van der Waals surface area (Å²) in [6, 6.07) is 7.35. The number of rotatable bonds is 7. The van der Waals surface area contributed by atoms with Gasteiger partial charge >= 0.3 is 0 Å². The molecule has 6 nitrogen and oxygen atoms in total. The molecule has 170 valence electrons. The Hall–Kier alpha value is -2.84. The molecule has 0 atom stereocenters. The third-order valence-electron chi connectivity index (χ3n) is 6.00. The maximum Gasteiger partial charge on any atom is 0.236 e. The van der Waals surface area contributed by atoms with Gasteiger partial charge in [0.2, 0.25) is 5.95 Å². The van der Waals surface area contributed by atoms with E-state index in [9.17, 15) is 4.39 Å². The Kier molecular flexibility index (Phi) is 6.81. The molecule has 2 aliphatic rings. The summed E-state index contributed by atoms with van der Waals surface area (Å²) in [6.07, 6.45) is 0.707. The van der Waals surface area contributed by atoms with E-state index in [1.807, 2.05) is 36.9 Å².